The molecule has 0 unspecified atom stereocenters. The molecule has 0 amide bonds. The molecule has 6 nitrogen and oxygen atoms in total. The molecule has 1 heterocycles. The normalized spacial score (nSPS) is 10.6. The molecule has 0 aliphatic rings. The van der Waals surface area contributed by atoms with E-state index in [-0.39, 0.29) is 0 Å². The van der Waals surface area contributed by atoms with Gasteiger partial charge >= 0.3 is 0 Å². The third kappa shape index (κ3) is 3.04. The van der Waals surface area contributed by atoms with Crippen molar-refractivity contribution in [2.45, 2.75) is 20.0 Å². The van der Waals surface area contributed by atoms with Gasteiger partial charge in [-0.15, -0.1) is 5.10 Å². The first-order valence-corrected chi connectivity index (χ1v) is 5.95. The minimum absolute atomic E-state index is 0.644. The van der Waals surface area contributed by atoms with Crippen molar-refractivity contribution in [1.29, 1.82) is 0 Å². The molecule has 0 spiro atoms. The molecule has 18 heavy (non-hydrogen) atoms. The van der Waals surface area contributed by atoms with Gasteiger partial charge in [0.25, 0.3) is 0 Å². The first kappa shape index (κ1) is 12.5. The minimum Gasteiger partial charge on any atom is -0.494 e. The van der Waals surface area contributed by atoms with Crippen molar-refractivity contribution in [3.05, 3.63) is 35.7 Å². The zero-order chi connectivity index (χ0) is 12.8. The van der Waals surface area contributed by atoms with Crippen molar-refractivity contribution in [3.8, 4) is 5.75 Å². The molecular weight excluding hydrogens is 230 g/mol. The van der Waals surface area contributed by atoms with Gasteiger partial charge in [0.05, 0.1) is 19.7 Å². The van der Waals surface area contributed by atoms with Crippen molar-refractivity contribution < 1.29 is 4.74 Å². The molecule has 1 N–H and O–H groups in total. The van der Waals surface area contributed by atoms with Crippen LogP contribution in [0.15, 0.2) is 24.3 Å². The number of rotatable bonds is 6. The van der Waals surface area contributed by atoms with Crippen molar-refractivity contribution in [2.75, 3.05) is 13.7 Å². The largest absolute Gasteiger partial charge is 0.494 e. The number of hydrogen-bond donors (Lipinski definition) is 1. The SMILES string of the molecule is CCOc1cccc(Cn2nnnc2CNC)c1. The molecule has 0 bridgehead atoms. The van der Waals surface area contributed by atoms with Gasteiger partial charge in [-0.25, -0.2) is 4.68 Å². The summed E-state index contributed by atoms with van der Waals surface area (Å²) in [7, 11) is 1.87. The van der Waals surface area contributed by atoms with Crippen LogP contribution in [0.4, 0.5) is 0 Å². The van der Waals surface area contributed by atoms with Crippen LogP contribution in [0.3, 0.4) is 0 Å². The molecule has 1 aromatic carbocycles. The Morgan fingerprint density at radius 2 is 2.28 bits per heavy atom. The average molecular weight is 247 g/mol. The Bertz CT molecular complexity index is 497. The molecule has 0 aliphatic heterocycles. The monoisotopic (exact) mass is 247 g/mol. The highest BCUT2D eigenvalue weighted by Crippen LogP contribution is 2.14. The molecule has 0 atom stereocenters. The van der Waals surface area contributed by atoms with Gasteiger partial charge in [0, 0.05) is 0 Å². The van der Waals surface area contributed by atoms with Gasteiger partial charge in [0.1, 0.15) is 5.75 Å². The van der Waals surface area contributed by atoms with E-state index in [4.69, 9.17) is 4.74 Å². The van der Waals surface area contributed by atoms with E-state index in [1.54, 1.807) is 4.68 Å². The van der Waals surface area contributed by atoms with Gasteiger partial charge in [-0.2, -0.15) is 0 Å². The second-order valence-electron chi connectivity index (χ2n) is 3.86. The summed E-state index contributed by atoms with van der Waals surface area (Å²) in [6.07, 6.45) is 0. The van der Waals surface area contributed by atoms with Crippen LogP contribution in [0.1, 0.15) is 18.3 Å². The van der Waals surface area contributed by atoms with Gasteiger partial charge in [-0.3, -0.25) is 0 Å². The molecule has 0 saturated heterocycles. The summed E-state index contributed by atoms with van der Waals surface area (Å²) in [5, 5.41) is 14.7. The van der Waals surface area contributed by atoms with E-state index >= 15 is 0 Å². The average Bonchev–Trinajstić information content (AvgIpc) is 2.78. The van der Waals surface area contributed by atoms with E-state index < -0.39 is 0 Å². The Balaban J connectivity index is 2.12. The van der Waals surface area contributed by atoms with E-state index in [1.807, 2.05) is 38.2 Å². The molecule has 96 valence electrons. The third-order valence-corrected chi connectivity index (χ3v) is 2.48. The van der Waals surface area contributed by atoms with E-state index in [1.165, 1.54) is 0 Å². The third-order valence-electron chi connectivity index (χ3n) is 2.48. The molecule has 2 aromatic rings. The number of benzene rings is 1. The van der Waals surface area contributed by atoms with Gasteiger partial charge in [0.15, 0.2) is 5.82 Å². The summed E-state index contributed by atoms with van der Waals surface area (Å²) >= 11 is 0. The fourth-order valence-electron chi connectivity index (χ4n) is 1.70. The number of aromatic nitrogens is 4. The van der Waals surface area contributed by atoms with E-state index in [0.29, 0.717) is 19.7 Å². The fraction of sp³-hybridized carbons (Fsp3) is 0.417. The van der Waals surface area contributed by atoms with Crippen LogP contribution in [-0.2, 0) is 13.1 Å². The number of tetrazole rings is 1. The molecule has 1 aromatic heterocycles. The number of nitrogens with one attached hydrogen (secondary N) is 1. The fourth-order valence-corrected chi connectivity index (χ4v) is 1.70. The van der Waals surface area contributed by atoms with Crippen LogP contribution >= 0.6 is 0 Å². The van der Waals surface area contributed by atoms with Crippen molar-refractivity contribution in [1.82, 2.24) is 25.5 Å². The topological polar surface area (TPSA) is 64.9 Å². The second-order valence-corrected chi connectivity index (χ2v) is 3.86. The quantitative estimate of drug-likeness (QED) is 0.819. The first-order chi connectivity index (χ1) is 8.83. The smallest absolute Gasteiger partial charge is 0.165 e. The molecule has 0 fully saturated rings. The van der Waals surface area contributed by atoms with Crippen molar-refractivity contribution in [2.24, 2.45) is 0 Å². The predicted molar refractivity (Wildman–Crippen MR) is 67.3 cm³/mol. The zero-order valence-electron chi connectivity index (χ0n) is 10.6. The molecule has 2 rings (SSSR count). The van der Waals surface area contributed by atoms with Crippen LogP contribution in [0.5, 0.6) is 5.75 Å². The van der Waals surface area contributed by atoms with Crippen LogP contribution < -0.4 is 10.1 Å². The van der Waals surface area contributed by atoms with Gasteiger partial charge in [0.2, 0.25) is 0 Å². The molecular formula is C12H17N5O. The summed E-state index contributed by atoms with van der Waals surface area (Å²) in [6.45, 7) is 3.93. The summed E-state index contributed by atoms with van der Waals surface area (Å²) in [6, 6.07) is 7.96. The molecule has 0 saturated carbocycles. The van der Waals surface area contributed by atoms with E-state index in [9.17, 15) is 0 Å². The summed E-state index contributed by atoms with van der Waals surface area (Å²) in [5.41, 5.74) is 1.12. The maximum atomic E-state index is 5.47. The van der Waals surface area contributed by atoms with Crippen molar-refractivity contribution in [3.63, 3.8) is 0 Å². The lowest BCUT2D eigenvalue weighted by atomic mass is 10.2. The second kappa shape index (κ2) is 6.11. The van der Waals surface area contributed by atoms with Crippen LogP contribution in [0.25, 0.3) is 0 Å². The standard InChI is InChI=1S/C12H17N5O/c1-3-18-11-6-4-5-10(7-11)9-17-12(8-13-2)14-15-16-17/h4-7,13H,3,8-9H2,1-2H3. The minimum atomic E-state index is 0.644. The molecule has 0 radical (unpaired) electrons. The van der Waals surface area contributed by atoms with E-state index in [0.717, 1.165) is 17.1 Å². The number of ether oxygens (including phenoxy) is 1. The highest BCUT2D eigenvalue weighted by molar-refractivity contribution is 5.28. The van der Waals surface area contributed by atoms with Gasteiger partial charge < -0.3 is 10.1 Å². The maximum absolute atomic E-state index is 5.47. The summed E-state index contributed by atoms with van der Waals surface area (Å²) in [5.74, 6) is 1.69. The Morgan fingerprint density at radius 3 is 3.06 bits per heavy atom. The Kier molecular flexibility index (Phi) is 4.25. The Labute approximate surface area is 106 Å². The Hall–Kier alpha value is -1.95. The van der Waals surface area contributed by atoms with Crippen LogP contribution in [0, 0.1) is 0 Å². The van der Waals surface area contributed by atoms with Crippen LogP contribution in [-0.4, -0.2) is 33.9 Å². The van der Waals surface area contributed by atoms with E-state index in [2.05, 4.69) is 20.8 Å². The maximum Gasteiger partial charge on any atom is 0.165 e. The van der Waals surface area contributed by atoms with Gasteiger partial charge in [-0.05, 0) is 42.1 Å². The number of hydrogen-bond acceptors (Lipinski definition) is 5. The lowest BCUT2D eigenvalue weighted by Gasteiger charge is -2.07. The summed E-state index contributed by atoms with van der Waals surface area (Å²) in [4.78, 5) is 0. The highest BCUT2D eigenvalue weighted by atomic mass is 16.5. The zero-order valence-corrected chi connectivity index (χ0v) is 10.6. The first-order valence-electron chi connectivity index (χ1n) is 5.95. The van der Waals surface area contributed by atoms with Crippen LogP contribution in [0.2, 0.25) is 0 Å². The highest BCUT2D eigenvalue weighted by Gasteiger charge is 2.06. The molecule has 0 aliphatic carbocycles. The lowest BCUT2D eigenvalue weighted by molar-refractivity contribution is 0.339. The Morgan fingerprint density at radius 1 is 1.39 bits per heavy atom. The van der Waals surface area contributed by atoms with Crippen molar-refractivity contribution >= 4 is 0 Å². The van der Waals surface area contributed by atoms with Gasteiger partial charge in [-0.1, -0.05) is 12.1 Å². The molecule has 6 heteroatoms. The number of nitrogens with zero attached hydrogens (tertiary/aromatic N) is 4. The lowest BCUT2D eigenvalue weighted by Crippen LogP contribution is -2.14. The predicted octanol–water partition coefficient (Wildman–Crippen LogP) is 0.839. The summed E-state index contributed by atoms with van der Waals surface area (Å²) < 4.78 is 7.25.